The topological polar surface area (TPSA) is 91.8 Å². The lowest BCUT2D eigenvalue weighted by Crippen LogP contribution is -2.00. The van der Waals surface area contributed by atoms with Crippen LogP contribution in [0.5, 0.6) is 0 Å². The van der Waals surface area contributed by atoms with Gasteiger partial charge in [0.25, 0.3) is 0 Å². The third kappa shape index (κ3) is 2.21. The first-order valence-electron chi connectivity index (χ1n) is 5.50. The molecule has 0 aliphatic rings. The average molecular weight is 290 g/mol. The molecule has 100 valence electrons. The number of nitrogens with one attached hydrogen (secondary N) is 1. The summed E-state index contributed by atoms with van der Waals surface area (Å²) in [5.74, 6) is -2.07. The highest BCUT2D eigenvalue weighted by Gasteiger charge is 2.13. The SMILES string of the molecule is O=C(O)c1cc(Sc2ncnc3nc[nH]c23)ccc1F. The van der Waals surface area contributed by atoms with Crippen molar-refractivity contribution in [2.45, 2.75) is 9.92 Å². The molecule has 3 aromatic rings. The molecule has 2 N–H and O–H groups in total. The Kier molecular flexibility index (Phi) is 3.07. The van der Waals surface area contributed by atoms with Crippen LogP contribution in [0.3, 0.4) is 0 Å². The van der Waals surface area contributed by atoms with Crippen LogP contribution >= 0.6 is 11.8 Å². The Labute approximate surface area is 116 Å². The summed E-state index contributed by atoms with van der Waals surface area (Å²) in [7, 11) is 0. The first-order valence-corrected chi connectivity index (χ1v) is 6.31. The molecule has 0 radical (unpaired) electrons. The fourth-order valence-electron chi connectivity index (χ4n) is 1.66. The number of nitrogens with zero attached hydrogens (tertiary/aromatic N) is 3. The van der Waals surface area contributed by atoms with E-state index in [1.807, 2.05) is 0 Å². The van der Waals surface area contributed by atoms with Crippen molar-refractivity contribution in [3.8, 4) is 0 Å². The molecule has 8 heteroatoms. The number of halogens is 1. The van der Waals surface area contributed by atoms with Crippen LogP contribution in [0.2, 0.25) is 0 Å². The minimum atomic E-state index is -1.31. The van der Waals surface area contributed by atoms with Gasteiger partial charge in [0, 0.05) is 4.90 Å². The van der Waals surface area contributed by atoms with Crippen molar-refractivity contribution < 1.29 is 14.3 Å². The van der Waals surface area contributed by atoms with Gasteiger partial charge in [-0.2, -0.15) is 0 Å². The van der Waals surface area contributed by atoms with Gasteiger partial charge in [0.1, 0.15) is 22.7 Å². The molecule has 0 unspecified atom stereocenters. The number of carboxylic acid groups (broad SMARTS) is 1. The molecule has 0 saturated heterocycles. The van der Waals surface area contributed by atoms with Crippen molar-refractivity contribution in [3.63, 3.8) is 0 Å². The number of carbonyl (C=O) groups is 1. The maximum absolute atomic E-state index is 13.3. The highest BCUT2D eigenvalue weighted by atomic mass is 32.2. The number of H-pyrrole nitrogens is 1. The number of aromatic nitrogens is 4. The van der Waals surface area contributed by atoms with Gasteiger partial charge in [-0.15, -0.1) is 0 Å². The summed E-state index contributed by atoms with van der Waals surface area (Å²) < 4.78 is 13.3. The lowest BCUT2D eigenvalue weighted by molar-refractivity contribution is 0.0691. The Morgan fingerprint density at radius 2 is 2.15 bits per heavy atom. The van der Waals surface area contributed by atoms with E-state index >= 15 is 0 Å². The Morgan fingerprint density at radius 3 is 2.95 bits per heavy atom. The van der Waals surface area contributed by atoms with Crippen molar-refractivity contribution >= 4 is 28.9 Å². The largest absolute Gasteiger partial charge is 0.478 e. The molecule has 2 aromatic heterocycles. The van der Waals surface area contributed by atoms with Crippen molar-refractivity contribution in [1.82, 2.24) is 19.9 Å². The van der Waals surface area contributed by atoms with Gasteiger partial charge >= 0.3 is 5.97 Å². The van der Waals surface area contributed by atoms with E-state index in [0.717, 1.165) is 6.07 Å². The molecule has 6 nitrogen and oxygen atoms in total. The summed E-state index contributed by atoms with van der Waals surface area (Å²) >= 11 is 1.21. The highest BCUT2D eigenvalue weighted by molar-refractivity contribution is 7.99. The molecule has 0 aliphatic heterocycles. The molecule has 0 atom stereocenters. The third-order valence-electron chi connectivity index (χ3n) is 2.57. The van der Waals surface area contributed by atoms with Crippen LogP contribution in [0.15, 0.2) is 40.8 Å². The number of carboxylic acids is 1. The van der Waals surface area contributed by atoms with E-state index in [4.69, 9.17) is 5.11 Å². The molecule has 2 heterocycles. The second-order valence-corrected chi connectivity index (χ2v) is 4.89. The molecule has 20 heavy (non-hydrogen) atoms. The van der Waals surface area contributed by atoms with E-state index in [1.165, 1.54) is 36.5 Å². The fraction of sp³-hybridized carbons (Fsp3) is 0. The standard InChI is InChI=1S/C12H7FN4O2S/c13-8-2-1-6(3-7(8)12(18)19)20-11-9-10(15-4-14-9)16-5-17-11/h1-5H,(H,18,19)(H,14,15,16,17). The van der Waals surface area contributed by atoms with Gasteiger partial charge in [-0.1, -0.05) is 11.8 Å². The minimum absolute atomic E-state index is 0.370. The number of aromatic carboxylic acids is 1. The normalized spacial score (nSPS) is 10.8. The molecule has 0 fully saturated rings. The van der Waals surface area contributed by atoms with Crippen LogP contribution < -0.4 is 0 Å². The average Bonchev–Trinajstić information content (AvgIpc) is 2.90. The van der Waals surface area contributed by atoms with E-state index in [1.54, 1.807) is 0 Å². The Balaban J connectivity index is 2.01. The van der Waals surface area contributed by atoms with Gasteiger partial charge in [-0.25, -0.2) is 24.1 Å². The van der Waals surface area contributed by atoms with Gasteiger partial charge in [0.2, 0.25) is 0 Å². The number of hydrogen-bond donors (Lipinski definition) is 2. The third-order valence-corrected chi connectivity index (χ3v) is 3.56. The summed E-state index contributed by atoms with van der Waals surface area (Å²) in [5.41, 5.74) is 0.798. The summed E-state index contributed by atoms with van der Waals surface area (Å²) in [6, 6.07) is 3.89. The van der Waals surface area contributed by atoms with E-state index in [0.29, 0.717) is 21.1 Å². The smallest absolute Gasteiger partial charge is 0.338 e. The van der Waals surface area contributed by atoms with Crippen LogP contribution in [0.1, 0.15) is 10.4 Å². The monoisotopic (exact) mass is 290 g/mol. The van der Waals surface area contributed by atoms with Crippen LogP contribution in [0.25, 0.3) is 11.2 Å². The molecule has 0 spiro atoms. The van der Waals surface area contributed by atoms with Crippen LogP contribution in [-0.2, 0) is 0 Å². The Bertz CT molecular complexity index is 805. The van der Waals surface area contributed by atoms with Crippen molar-refractivity contribution in [2.24, 2.45) is 0 Å². The molecule has 3 rings (SSSR count). The predicted molar refractivity (Wildman–Crippen MR) is 69.2 cm³/mol. The van der Waals surface area contributed by atoms with Crippen LogP contribution in [0, 0.1) is 5.82 Å². The molecule has 1 aromatic carbocycles. The quantitative estimate of drug-likeness (QED) is 0.719. The number of imidazole rings is 1. The number of fused-ring (bicyclic) bond motifs is 1. The molecular formula is C12H7FN4O2S. The van der Waals surface area contributed by atoms with Gasteiger partial charge in [-0.3, -0.25) is 0 Å². The number of hydrogen-bond acceptors (Lipinski definition) is 5. The zero-order valence-electron chi connectivity index (χ0n) is 9.87. The number of rotatable bonds is 3. The van der Waals surface area contributed by atoms with E-state index in [9.17, 15) is 9.18 Å². The van der Waals surface area contributed by atoms with E-state index in [2.05, 4.69) is 19.9 Å². The zero-order chi connectivity index (χ0) is 14.1. The van der Waals surface area contributed by atoms with Crippen molar-refractivity contribution in [2.75, 3.05) is 0 Å². The van der Waals surface area contributed by atoms with E-state index < -0.39 is 11.8 Å². The Morgan fingerprint density at radius 1 is 1.30 bits per heavy atom. The van der Waals surface area contributed by atoms with Gasteiger partial charge in [0.15, 0.2) is 5.65 Å². The first-order chi connectivity index (χ1) is 9.65. The fourth-order valence-corrected chi connectivity index (χ4v) is 2.55. The maximum Gasteiger partial charge on any atom is 0.338 e. The van der Waals surface area contributed by atoms with E-state index in [-0.39, 0.29) is 5.56 Å². The summed E-state index contributed by atoms with van der Waals surface area (Å²) in [5, 5.41) is 9.50. The Hall–Kier alpha value is -2.48. The predicted octanol–water partition coefficient (Wildman–Crippen LogP) is 2.34. The summed E-state index contributed by atoms with van der Waals surface area (Å²) in [4.78, 5) is 26.5. The van der Waals surface area contributed by atoms with Crippen molar-refractivity contribution in [1.29, 1.82) is 0 Å². The lowest BCUT2D eigenvalue weighted by Gasteiger charge is -2.03. The molecular weight excluding hydrogens is 283 g/mol. The first kappa shape index (κ1) is 12.5. The summed E-state index contributed by atoms with van der Waals surface area (Å²) in [6.07, 6.45) is 2.86. The molecule has 0 bridgehead atoms. The molecule has 0 amide bonds. The second-order valence-electron chi connectivity index (χ2n) is 3.83. The number of aromatic amines is 1. The number of benzene rings is 1. The zero-order valence-corrected chi connectivity index (χ0v) is 10.7. The maximum atomic E-state index is 13.3. The van der Waals surface area contributed by atoms with Crippen molar-refractivity contribution in [3.05, 3.63) is 42.2 Å². The summed E-state index contributed by atoms with van der Waals surface area (Å²) in [6.45, 7) is 0. The molecule has 0 saturated carbocycles. The minimum Gasteiger partial charge on any atom is -0.478 e. The van der Waals surface area contributed by atoms with Gasteiger partial charge in [0.05, 0.1) is 11.9 Å². The molecule has 0 aliphatic carbocycles. The van der Waals surface area contributed by atoms with Gasteiger partial charge in [-0.05, 0) is 18.2 Å². The highest BCUT2D eigenvalue weighted by Crippen LogP contribution is 2.30. The van der Waals surface area contributed by atoms with Crippen LogP contribution in [0.4, 0.5) is 4.39 Å². The lowest BCUT2D eigenvalue weighted by atomic mass is 10.2. The second kappa shape index (κ2) is 4.89. The van der Waals surface area contributed by atoms with Crippen LogP contribution in [-0.4, -0.2) is 31.0 Å². The van der Waals surface area contributed by atoms with Gasteiger partial charge < -0.3 is 10.1 Å².